The van der Waals surface area contributed by atoms with Gasteiger partial charge < -0.3 is 9.84 Å². The summed E-state index contributed by atoms with van der Waals surface area (Å²) in [6.45, 7) is 1.76. The molecular weight excluding hydrogens is 324 g/mol. The lowest BCUT2D eigenvalue weighted by Crippen LogP contribution is -1.92. The minimum atomic E-state index is -0.473. The van der Waals surface area contributed by atoms with Crippen molar-refractivity contribution in [2.45, 2.75) is 22.8 Å². The van der Waals surface area contributed by atoms with Gasteiger partial charge in [-0.25, -0.2) is 0 Å². The number of halogens is 1. The van der Waals surface area contributed by atoms with Gasteiger partial charge in [0.05, 0.1) is 18.1 Å². The molecule has 2 rings (SSSR count). The van der Waals surface area contributed by atoms with E-state index < -0.39 is 6.10 Å². The molecule has 2 aromatic rings. The summed E-state index contributed by atoms with van der Waals surface area (Å²) in [5.74, 6) is 0.864. The number of aliphatic hydroxyl groups excluding tert-OH is 1. The summed E-state index contributed by atoms with van der Waals surface area (Å²) in [4.78, 5) is 2.17. The SMILES string of the molecule is COc1ccccc1Sc1ccc([C@@H](C)O)c(Br)c1. The van der Waals surface area contributed by atoms with Crippen molar-refractivity contribution in [2.24, 2.45) is 0 Å². The predicted molar refractivity (Wildman–Crippen MR) is 81.9 cm³/mol. The van der Waals surface area contributed by atoms with E-state index in [-0.39, 0.29) is 0 Å². The summed E-state index contributed by atoms with van der Waals surface area (Å²) < 4.78 is 6.26. The molecule has 0 spiro atoms. The molecule has 0 amide bonds. The van der Waals surface area contributed by atoms with Crippen LogP contribution in [0.3, 0.4) is 0 Å². The molecule has 0 aliphatic heterocycles. The molecule has 0 aliphatic carbocycles. The Bertz CT molecular complexity index is 570. The molecule has 4 heteroatoms. The largest absolute Gasteiger partial charge is 0.496 e. The highest BCUT2D eigenvalue weighted by atomic mass is 79.9. The Balaban J connectivity index is 2.26. The number of rotatable bonds is 4. The first-order chi connectivity index (χ1) is 9.11. The van der Waals surface area contributed by atoms with E-state index in [1.165, 1.54) is 0 Å². The Morgan fingerprint density at radius 3 is 2.58 bits per heavy atom. The Hall–Kier alpha value is -0.970. The summed E-state index contributed by atoms with van der Waals surface area (Å²) >= 11 is 5.13. The molecule has 0 aromatic heterocycles. The molecule has 0 fully saturated rings. The summed E-state index contributed by atoms with van der Waals surface area (Å²) in [6.07, 6.45) is -0.473. The van der Waals surface area contributed by atoms with E-state index in [0.717, 1.165) is 25.6 Å². The summed E-state index contributed by atoms with van der Waals surface area (Å²) in [7, 11) is 1.67. The van der Waals surface area contributed by atoms with E-state index in [0.29, 0.717) is 0 Å². The fourth-order valence-corrected chi connectivity index (χ4v) is 3.57. The van der Waals surface area contributed by atoms with Crippen LogP contribution in [0.25, 0.3) is 0 Å². The summed E-state index contributed by atoms with van der Waals surface area (Å²) in [5.41, 5.74) is 0.893. The fraction of sp³-hybridized carbons (Fsp3) is 0.200. The molecule has 0 aliphatic rings. The van der Waals surface area contributed by atoms with Gasteiger partial charge in [-0.3, -0.25) is 0 Å². The van der Waals surface area contributed by atoms with Crippen LogP contribution in [0.2, 0.25) is 0 Å². The maximum atomic E-state index is 9.61. The van der Waals surface area contributed by atoms with Crippen molar-refractivity contribution in [3.63, 3.8) is 0 Å². The smallest absolute Gasteiger partial charge is 0.132 e. The molecule has 100 valence electrons. The van der Waals surface area contributed by atoms with Gasteiger partial charge in [-0.05, 0) is 36.8 Å². The van der Waals surface area contributed by atoms with Crippen molar-refractivity contribution >= 4 is 27.7 Å². The molecule has 0 bridgehead atoms. The first-order valence-electron chi connectivity index (χ1n) is 5.90. The lowest BCUT2D eigenvalue weighted by molar-refractivity contribution is 0.198. The second kappa shape index (κ2) is 6.46. The highest BCUT2D eigenvalue weighted by Crippen LogP contribution is 2.37. The number of ether oxygens (including phenoxy) is 1. The lowest BCUT2D eigenvalue weighted by Gasteiger charge is -2.11. The Morgan fingerprint density at radius 1 is 1.21 bits per heavy atom. The van der Waals surface area contributed by atoms with Gasteiger partial charge >= 0.3 is 0 Å². The molecule has 1 N–H and O–H groups in total. The van der Waals surface area contributed by atoms with E-state index in [9.17, 15) is 5.11 Å². The third kappa shape index (κ3) is 3.53. The van der Waals surface area contributed by atoms with Crippen LogP contribution in [0.5, 0.6) is 5.75 Å². The first-order valence-corrected chi connectivity index (χ1v) is 7.51. The van der Waals surface area contributed by atoms with Gasteiger partial charge in [0.1, 0.15) is 5.75 Å². The number of para-hydroxylation sites is 1. The summed E-state index contributed by atoms with van der Waals surface area (Å²) in [6, 6.07) is 13.9. The van der Waals surface area contributed by atoms with E-state index >= 15 is 0 Å². The summed E-state index contributed by atoms with van der Waals surface area (Å²) in [5, 5.41) is 9.61. The van der Waals surface area contributed by atoms with E-state index in [1.807, 2.05) is 42.5 Å². The van der Waals surface area contributed by atoms with Crippen molar-refractivity contribution in [1.82, 2.24) is 0 Å². The van der Waals surface area contributed by atoms with Crippen LogP contribution < -0.4 is 4.74 Å². The van der Waals surface area contributed by atoms with E-state index in [4.69, 9.17) is 4.74 Å². The minimum absolute atomic E-state index is 0.473. The van der Waals surface area contributed by atoms with Crippen molar-refractivity contribution < 1.29 is 9.84 Å². The standard InChI is InChI=1S/C15H15BrO2S/c1-10(17)12-8-7-11(9-13(12)16)19-15-6-4-3-5-14(15)18-2/h3-10,17H,1-2H3/t10-/m1/s1. The van der Waals surface area contributed by atoms with Crippen molar-refractivity contribution in [2.75, 3.05) is 7.11 Å². The minimum Gasteiger partial charge on any atom is -0.496 e. The third-order valence-electron chi connectivity index (χ3n) is 2.72. The quantitative estimate of drug-likeness (QED) is 0.878. The average molecular weight is 339 g/mol. The lowest BCUT2D eigenvalue weighted by atomic mass is 10.1. The van der Waals surface area contributed by atoms with Crippen LogP contribution in [0.1, 0.15) is 18.6 Å². The highest BCUT2D eigenvalue weighted by Gasteiger charge is 2.09. The van der Waals surface area contributed by atoms with Gasteiger partial charge in [0.25, 0.3) is 0 Å². The first kappa shape index (κ1) is 14.4. The number of hydrogen-bond acceptors (Lipinski definition) is 3. The van der Waals surface area contributed by atoms with Gasteiger partial charge in [0, 0.05) is 9.37 Å². The number of hydrogen-bond donors (Lipinski definition) is 1. The molecule has 0 saturated carbocycles. The van der Waals surface area contributed by atoms with Crippen LogP contribution in [-0.4, -0.2) is 12.2 Å². The monoisotopic (exact) mass is 338 g/mol. The zero-order valence-electron chi connectivity index (χ0n) is 10.8. The number of methoxy groups -OCH3 is 1. The van der Waals surface area contributed by atoms with Crippen LogP contribution in [0.4, 0.5) is 0 Å². The third-order valence-corrected chi connectivity index (χ3v) is 4.45. The maximum absolute atomic E-state index is 9.61. The van der Waals surface area contributed by atoms with Gasteiger partial charge in [-0.1, -0.05) is 45.9 Å². The number of benzene rings is 2. The van der Waals surface area contributed by atoms with Crippen LogP contribution in [-0.2, 0) is 0 Å². The molecule has 2 aromatic carbocycles. The Labute approximate surface area is 125 Å². The van der Waals surface area contributed by atoms with E-state index in [2.05, 4.69) is 15.9 Å². The fourth-order valence-electron chi connectivity index (χ4n) is 1.74. The molecule has 0 saturated heterocycles. The van der Waals surface area contributed by atoms with Crippen LogP contribution >= 0.6 is 27.7 Å². The molecule has 0 heterocycles. The van der Waals surface area contributed by atoms with Crippen LogP contribution in [0.15, 0.2) is 56.7 Å². The van der Waals surface area contributed by atoms with Gasteiger partial charge in [-0.15, -0.1) is 0 Å². The topological polar surface area (TPSA) is 29.5 Å². The Kier molecular flexibility index (Phi) is 4.91. The van der Waals surface area contributed by atoms with Crippen molar-refractivity contribution in [1.29, 1.82) is 0 Å². The van der Waals surface area contributed by atoms with Gasteiger partial charge in [0.2, 0.25) is 0 Å². The second-order valence-electron chi connectivity index (χ2n) is 4.11. The Morgan fingerprint density at radius 2 is 1.95 bits per heavy atom. The molecule has 19 heavy (non-hydrogen) atoms. The zero-order valence-corrected chi connectivity index (χ0v) is 13.2. The maximum Gasteiger partial charge on any atom is 0.132 e. The molecule has 0 radical (unpaired) electrons. The van der Waals surface area contributed by atoms with E-state index in [1.54, 1.807) is 25.8 Å². The second-order valence-corrected chi connectivity index (χ2v) is 6.08. The average Bonchev–Trinajstić information content (AvgIpc) is 2.39. The normalized spacial score (nSPS) is 12.2. The van der Waals surface area contributed by atoms with Gasteiger partial charge in [-0.2, -0.15) is 0 Å². The number of aliphatic hydroxyl groups is 1. The molecule has 0 unspecified atom stereocenters. The predicted octanol–water partition coefficient (Wildman–Crippen LogP) is 4.66. The molecule has 1 atom stereocenters. The highest BCUT2D eigenvalue weighted by molar-refractivity contribution is 9.10. The van der Waals surface area contributed by atoms with Crippen molar-refractivity contribution in [3.8, 4) is 5.75 Å². The van der Waals surface area contributed by atoms with Crippen molar-refractivity contribution in [3.05, 3.63) is 52.5 Å². The molecule has 2 nitrogen and oxygen atoms in total. The van der Waals surface area contributed by atoms with Gasteiger partial charge in [0.15, 0.2) is 0 Å². The van der Waals surface area contributed by atoms with Crippen LogP contribution in [0, 0.1) is 0 Å². The molecular formula is C15H15BrO2S. The zero-order chi connectivity index (χ0) is 13.8.